The SMILES string of the molecule is [2H][C@@]1(C(=O)[C@H](O)[C@@H](O)[C@H](O)CO)O[C@H](CO)[C@H](O)[C@H](O)[C@H]1O. The molecule has 1 aliphatic heterocycles. The van der Waals surface area contributed by atoms with E-state index in [9.17, 15) is 35.4 Å². The quantitative estimate of drug-likeness (QED) is 0.235. The predicted molar refractivity (Wildman–Crippen MR) is 63.9 cm³/mol. The molecular formula is C11H20O10. The lowest BCUT2D eigenvalue weighted by atomic mass is 9.90. The average Bonchev–Trinajstić information content (AvgIpc) is 2.53. The smallest absolute Gasteiger partial charge is 0.195 e. The second-order valence-electron chi connectivity index (χ2n) is 4.68. The van der Waals surface area contributed by atoms with Crippen molar-refractivity contribution >= 4 is 5.78 Å². The Balaban J connectivity index is 3.02. The highest BCUT2D eigenvalue weighted by atomic mass is 16.5. The lowest BCUT2D eigenvalue weighted by Crippen LogP contribution is -2.63. The van der Waals surface area contributed by atoms with E-state index in [2.05, 4.69) is 0 Å². The molecule has 0 aromatic heterocycles. The van der Waals surface area contributed by atoms with Crippen LogP contribution in [-0.4, -0.2) is 109 Å². The first-order valence-corrected chi connectivity index (χ1v) is 6.14. The summed E-state index contributed by atoms with van der Waals surface area (Å²) in [5.74, 6) is -1.62. The molecule has 10 heteroatoms. The van der Waals surface area contributed by atoms with Crippen LogP contribution in [0.15, 0.2) is 0 Å². The van der Waals surface area contributed by atoms with Gasteiger partial charge in [0.15, 0.2) is 5.78 Å². The van der Waals surface area contributed by atoms with Gasteiger partial charge in [0.2, 0.25) is 0 Å². The number of Topliss-reactive ketones (excluding diaryl/α,β-unsaturated/α-hetero) is 1. The fourth-order valence-corrected chi connectivity index (χ4v) is 1.83. The average molecular weight is 313 g/mol. The second kappa shape index (κ2) is 7.54. The van der Waals surface area contributed by atoms with Crippen LogP contribution in [0.2, 0.25) is 0 Å². The third kappa shape index (κ3) is 3.74. The first-order valence-electron chi connectivity index (χ1n) is 6.64. The van der Waals surface area contributed by atoms with Gasteiger partial charge in [-0.2, -0.15) is 0 Å². The third-order valence-electron chi connectivity index (χ3n) is 3.20. The zero-order chi connectivity index (χ0) is 17.2. The number of carbonyl (C=O) groups is 1. The van der Waals surface area contributed by atoms with Crippen molar-refractivity contribution < 1.29 is 51.8 Å². The minimum atomic E-state index is -3.00. The minimum Gasteiger partial charge on any atom is -0.394 e. The summed E-state index contributed by atoms with van der Waals surface area (Å²) in [6.45, 7) is -1.88. The Morgan fingerprint density at radius 2 is 1.67 bits per heavy atom. The van der Waals surface area contributed by atoms with Gasteiger partial charge in [0.25, 0.3) is 0 Å². The summed E-state index contributed by atoms with van der Waals surface area (Å²) in [6, 6.07) is 0. The monoisotopic (exact) mass is 313 g/mol. The van der Waals surface area contributed by atoms with E-state index in [0.717, 1.165) is 0 Å². The highest BCUT2D eigenvalue weighted by Crippen LogP contribution is 2.23. The number of aliphatic hydroxyl groups is 8. The van der Waals surface area contributed by atoms with Crippen LogP contribution in [0.1, 0.15) is 1.37 Å². The van der Waals surface area contributed by atoms with Crippen molar-refractivity contribution in [3.8, 4) is 0 Å². The second-order valence-corrected chi connectivity index (χ2v) is 4.68. The molecule has 1 saturated heterocycles. The van der Waals surface area contributed by atoms with Gasteiger partial charge in [-0.3, -0.25) is 4.79 Å². The number of hydrogen-bond acceptors (Lipinski definition) is 10. The number of carbonyl (C=O) groups excluding carboxylic acids is 1. The van der Waals surface area contributed by atoms with E-state index >= 15 is 0 Å². The van der Waals surface area contributed by atoms with E-state index in [0.29, 0.717) is 0 Å². The van der Waals surface area contributed by atoms with Gasteiger partial charge in [0, 0.05) is 0 Å². The van der Waals surface area contributed by atoms with Crippen LogP contribution >= 0.6 is 0 Å². The van der Waals surface area contributed by atoms with Gasteiger partial charge < -0.3 is 45.6 Å². The van der Waals surface area contributed by atoms with E-state index < -0.39 is 67.8 Å². The summed E-state index contributed by atoms with van der Waals surface area (Å²) in [7, 11) is 0. The van der Waals surface area contributed by atoms with E-state index in [1.165, 1.54) is 0 Å². The van der Waals surface area contributed by atoms with Crippen molar-refractivity contribution in [2.24, 2.45) is 0 Å². The Bertz CT molecular complexity index is 393. The Hall–Kier alpha value is -0.690. The van der Waals surface area contributed by atoms with Crippen molar-refractivity contribution in [1.29, 1.82) is 0 Å². The Kier molecular flexibility index (Phi) is 5.98. The number of ketones is 1. The summed E-state index contributed by atoms with van der Waals surface area (Å²) >= 11 is 0. The molecule has 1 rings (SSSR count). The van der Waals surface area contributed by atoms with Gasteiger partial charge in [0.05, 0.1) is 14.6 Å². The van der Waals surface area contributed by atoms with Gasteiger partial charge in [-0.05, 0) is 0 Å². The highest BCUT2D eigenvalue weighted by molar-refractivity contribution is 5.88. The maximum absolute atomic E-state index is 12.1. The maximum atomic E-state index is 12.1. The molecule has 0 bridgehead atoms. The molecule has 0 aliphatic carbocycles. The molecule has 8 atom stereocenters. The van der Waals surface area contributed by atoms with Gasteiger partial charge in [-0.15, -0.1) is 0 Å². The first kappa shape index (κ1) is 16.7. The van der Waals surface area contributed by atoms with E-state index in [1.807, 2.05) is 0 Å². The Morgan fingerprint density at radius 3 is 2.14 bits per heavy atom. The normalized spacial score (nSPS) is 42.0. The highest BCUT2D eigenvalue weighted by Gasteiger charge is 2.48. The molecule has 21 heavy (non-hydrogen) atoms. The summed E-state index contributed by atoms with van der Waals surface area (Å²) in [5.41, 5.74) is 0. The summed E-state index contributed by atoms with van der Waals surface area (Å²) in [4.78, 5) is 12.1. The van der Waals surface area contributed by atoms with Crippen LogP contribution in [-0.2, 0) is 9.53 Å². The van der Waals surface area contributed by atoms with Crippen LogP contribution in [0.3, 0.4) is 0 Å². The zero-order valence-corrected chi connectivity index (χ0v) is 10.8. The Labute approximate surface area is 120 Å². The Morgan fingerprint density at radius 1 is 1.10 bits per heavy atom. The molecular weight excluding hydrogens is 292 g/mol. The van der Waals surface area contributed by atoms with E-state index in [1.54, 1.807) is 0 Å². The van der Waals surface area contributed by atoms with E-state index in [4.69, 9.17) is 16.3 Å². The van der Waals surface area contributed by atoms with Crippen molar-refractivity contribution in [3.05, 3.63) is 0 Å². The van der Waals surface area contributed by atoms with Crippen LogP contribution in [0.4, 0.5) is 0 Å². The number of rotatable bonds is 6. The van der Waals surface area contributed by atoms with Gasteiger partial charge in [0.1, 0.15) is 48.8 Å². The van der Waals surface area contributed by atoms with Crippen LogP contribution in [0, 0.1) is 0 Å². The number of hydrogen-bond donors (Lipinski definition) is 8. The van der Waals surface area contributed by atoms with Crippen LogP contribution in [0.5, 0.6) is 0 Å². The molecule has 1 heterocycles. The molecule has 0 aromatic rings. The molecule has 1 aliphatic rings. The molecule has 10 nitrogen and oxygen atoms in total. The fraction of sp³-hybridized carbons (Fsp3) is 0.909. The molecule has 0 amide bonds. The molecule has 8 N–H and O–H groups in total. The topological polar surface area (TPSA) is 188 Å². The summed E-state index contributed by atoms with van der Waals surface area (Å²) in [6.07, 6.45) is -17.2. The van der Waals surface area contributed by atoms with Crippen LogP contribution < -0.4 is 0 Å². The zero-order valence-electron chi connectivity index (χ0n) is 11.8. The lowest BCUT2D eigenvalue weighted by molar-refractivity contribution is -0.230. The van der Waals surface area contributed by atoms with E-state index in [-0.39, 0.29) is 0 Å². The standard InChI is InChI=1S/C11H20O10/c12-1-3(14)5(15)7(17)9(19)11-10(20)8(18)6(16)4(2-13)21-11/h3-8,10-18,20H,1-2H2/t3-,4-,5+,6+,7-,8+,10-,11+/m1/s1/i11D. The van der Waals surface area contributed by atoms with Crippen molar-refractivity contribution in [3.63, 3.8) is 0 Å². The summed E-state index contributed by atoms with van der Waals surface area (Å²) in [5, 5.41) is 74.8. The van der Waals surface area contributed by atoms with Crippen molar-refractivity contribution in [2.75, 3.05) is 13.2 Å². The van der Waals surface area contributed by atoms with Crippen LogP contribution in [0.25, 0.3) is 0 Å². The minimum absolute atomic E-state index is 0.892. The number of aliphatic hydroxyl groups excluding tert-OH is 8. The molecule has 1 fully saturated rings. The number of ether oxygens (including phenoxy) is 1. The van der Waals surface area contributed by atoms with Crippen molar-refractivity contribution in [2.45, 2.75) is 48.8 Å². The molecule has 0 saturated carbocycles. The largest absolute Gasteiger partial charge is 0.394 e. The third-order valence-corrected chi connectivity index (χ3v) is 3.20. The molecule has 0 unspecified atom stereocenters. The first-order chi connectivity index (χ1) is 10.1. The van der Waals surface area contributed by atoms with Gasteiger partial charge in [-0.25, -0.2) is 0 Å². The molecule has 0 spiro atoms. The predicted octanol–water partition coefficient (Wildman–Crippen LogP) is -5.53. The fourth-order valence-electron chi connectivity index (χ4n) is 1.83. The maximum Gasteiger partial charge on any atom is 0.195 e. The van der Waals surface area contributed by atoms with Crippen molar-refractivity contribution in [1.82, 2.24) is 0 Å². The lowest BCUT2D eigenvalue weighted by Gasteiger charge is -2.40. The summed E-state index contributed by atoms with van der Waals surface area (Å²) < 4.78 is 12.5. The van der Waals surface area contributed by atoms with Gasteiger partial charge in [-0.1, -0.05) is 0 Å². The van der Waals surface area contributed by atoms with Gasteiger partial charge >= 0.3 is 0 Å². The molecule has 0 radical (unpaired) electrons. The molecule has 124 valence electrons. The molecule has 0 aromatic carbocycles.